The Morgan fingerprint density at radius 1 is 1.28 bits per heavy atom. The van der Waals surface area contributed by atoms with E-state index in [0.717, 1.165) is 32.4 Å². The first-order valence-corrected chi connectivity index (χ1v) is 11.7. The number of carboxylic acid groups (broad SMARTS) is 1. The van der Waals surface area contributed by atoms with E-state index < -0.39 is 33.9 Å². The average Bonchev–Trinajstić information content (AvgIpc) is 3.26. The molecule has 1 aliphatic heterocycles. The van der Waals surface area contributed by atoms with Gasteiger partial charge in [0.1, 0.15) is 6.04 Å². The minimum absolute atomic E-state index is 0.0752. The predicted molar refractivity (Wildman–Crippen MR) is 113 cm³/mol. The summed E-state index contributed by atoms with van der Waals surface area (Å²) in [4.78, 5) is 24.1. The lowest BCUT2D eigenvalue weighted by molar-refractivity contribution is -0.139. The Bertz CT molecular complexity index is 1020. The first kappa shape index (κ1) is 23.9. The van der Waals surface area contributed by atoms with Crippen molar-refractivity contribution in [1.82, 2.24) is 15.2 Å². The van der Waals surface area contributed by atoms with E-state index in [9.17, 15) is 23.1 Å². The summed E-state index contributed by atoms with van der Waals surface area (Å²) in [5.41, 5.74) is 5.79. The van der Waals surface area contributed by atoms with E-state index in [1.165, 1.54) is 30.3 Å². The second kappa shape index (κ2) is 10.7. The molecule has 0 spiro atoms. The minimum atomic E-state index is -4.22. The number of hydrogen-bond donors (Lipinski definition) is 4. The highest BCUT2D eigenvalue weighted by molar-refractivity contribution is 7.89. The molecule has 2 atom stereocenters. The van der Waals surface area contributed by atoms with Crippen molar-refractivity contribution in [3.63, 3.8) is 0 Å². The fourth-order valence-electron chi connectivity index (χ4n) is 3.37. The van der Waals surface area contributed by atoms with Crippen molar-refractivity contribution < 1.29 is 32.4 Å². The summed E-state index contributed by atoms with van der Waals surface area (Å²) in [5.74, 6) is -2.23. The van der Waals surface area contributed by atoms with E-state index in [1.54, 1.807) is 6.07 Å². The van der Waals surface area contributed by atoms with Gasteiger partial charge in [0.15, 0.2) is 0 Å². The fourth-order valence-corrected chi connectivity index (χ4v) is 4.60. The summed E-state index contributed by atoms with van der Waals surface area (Å²) in [6.07, 6.45) is 2.96. The second-order valence-electron chi connectivity index (χ2n) is 7.50. The van der Waals surface area contributed by atoms with E-state index >= 15 is 0 Å². The molecule has 32 heavy (non-hydrogen) atoms. The number of nitrogens with one attached hydrogen (secondary N) is 2. The van der Waals surface area contributed by atoms with Gasteiger partial charge in [-0.3, -0.25) is 9.59 Å². The van der Waals surface area contributed by atoms with Gasteiger partial charge in [-0.25, -0.2) is 8.42 Å². The fraction of sp³-hybridized carbons (Fsp3) is 0.450. The molecule has 11 nitrogen and oxygen atoms in total. The number of benzene rings is 1. The molecule has 1 saturated heterocycles. The van der Waals surface area contributed by atoms with Crippen molar-refractivity contribution in [3.8, 4) is 5.88 Å². The summed E-state index contributed by atoms with van der Waals surface area (Å²) in [6.45, 7) is 2.35. The molecule has 0 amide bonds. The second-order valence-corrected chi connectivity index (χ2v) is 9.21. The number of carbonyl (C=O) groups is 2. The van der Waals surface area contributed by atoms with Crippen LogP contribution in [0.2, 0.25) is 0 Å². The van der Waals surface area contributed by atoms with Crippen LogP contribution >= 0.6 is 0 Å². The van der Waals surface area contributed by atoms with Crippen LogP contribution in [0.4, 0.5) is 0 Å². The highest BCUT2D eigenvalue weighted by Crippen LogP contribution is 2.19. The van der Waals surface area contributed by atoms with Gasteiger partial charge in [0.2, 0.25) is 21.6 Å². The van der Waals surface area contributed by atoms with Crippen LogP contribution in [0.25, 0.3) is 0 Å². The molecular weight excluding hydrogens is 440 g/mol. The van der Waals surface area contributed by atoms with Crippen LogP contribution < -0.4 is 20.5 Å². The number of carboxylic acids is 1. The zero-order chi connectivity index (χ0) is 23.1. The van der Waals surface area contributed by atoms with Crippen LogP contribution in [0.15, 0.2) is 45.8 Å². The van der Waals surface area contributed by atoms with Crippen LogP contribution in [0, 0.1) is 5.92 Å². The number of carbonyl (C=O) groups excluding carboxylic acids is 1. The zero-order valence-corrected chi connectivity index (χ0v) is 18.1. The SMILES string of the molecule is NC(C(=O)c1cc(OCCC2CCNCC2)no1)C(NS(=O)(=O)c1ccccc1)C(=O)O. The molecule has 3 rings (SSSR count). The smallest absolute Gasteiger partial charge is 0.323 e. The molecule has 0 saturated carbocycles. The molecule has 12 heteroatoms. The van der Waals surface area contributed by atoms with Crippen LogP contribution in [0.3, 0.4) is 0 Å². The van der Waals surface area contributed by atoms with Gasteiger partial charge < -0.3 is 25.4 Å². The Morgan fingerprint density at radius 2 is 1.97 bits per heavy atom. The third kappa shape index (κ3) is 6.13. The number of rotatable bonds is 11. The summed E-state index contributed by atoms with van der Waals surface area (Å²) in [5, 5.41) is 16.4. The number of nitrogens with two attached hydrogens (primary N) is 1. The Balaban J connectivity index is 1.61. The number of ketones is 1. The maximum absolute atomic E-state index is 12.6. The highest BCUT2D eigenvalue weighted by Gasteiger charge is 2.36. The van der Waals surface area contributed by atoms with Gasteiger partial charge in [-0.2, -0.15) is 4.72 Å². The molecule has 1 aromatic heterocycles. The molecule has 2 unspecified atom stereocenters. The van der Waals surface area contributed by atoms with Gasteiger partial charge in [0.25, 0.3) is 5.88 Å². The number of aromatic nitrogens is 1. The number of sulfonamides is 1. The van der Waals surface area contributed by atoms with E-state index in [-0.39, 0.29) is 16.5 Å². The quantitative estimate of drug-likeness (QED) is 0.339. The van der Waals surface area contributed by atoms with E-state index in [2.05, 4.69) is 10.5 Å². The van der Waals surface area contributed by atoms with Crippen molar-refractivity contribution in [3.05, 3.63) is 42.2 Å². The van der Waals surface area contributed by atoms with Crippen molar-refractivity contribution in [2.45, 2.75) is 36.2 Å². The third-order valence-electron chi connectivity index (χ3n) is 5.23. The summed E-state index contributed by atoms with van der Waals surface area (Å²) >= 11 is 0. The van der Waals surface area contributed by atoms with Crippen molar-refractivity contribution in [1.29, 1.82) is 0 Å². The number of Topliss-reactive ketones (excluding diaryl/α,β-unsaturated/α-hetero) is 1. The predicted octanol–water partition coefficient (Wildman–Crippen LogP) is 0.385. The van der Waals surface area contributed by atoms with E-state index in [0.29, 0.717) is 12.5 Å². The van der Waals surface area contributed by atoms with Crippen LogP contribution in [0.1, 0.15) is 29.8 Å². The maximum Gasteiger partial charge on any atom is 0.323 e. The highest BCUT2D eigenvalue weighted by atomic mass is 32.2. The van der Waals surface area contributed by atoms with Gasteiger partial charge in [-0.05, 0) is 55.6 Å². The standard InChI is InChI=1S/C20H26N4O7S/c21-17(18(20(26)27)24-32(28,29)14-4-2-1-3-5-14)19(25)15-12-16(23-31-15)30-11-8-13-6-9-22-10-7-13/h1-5,12-13,17-18,22,24H,6-11,21H2,(H,26,27). The van der Waals surface area contributed by atoms with Gasteiger partial charge in [0, 0.05) is 0 Å². The maximum atomic E-state index is 12.6. The minimum Gasteiger partial charge on any atom is -0.480 e. The van der Waals surface area contributed by atoms with Gasteiger partial charge in [0.05, 0.1) is 23.6 Å². The largest absolute Gasteiger partial charge is 0.480 e. The molecular formula is C20H26N4O7S. The number of piperidine rings is 1. The molecule has 1 aliphatic rings. The Kier molecular flexibility index (Phi) is 7.96. The molecule has 2 heterocycles. The topological polar surface area (TPSA) is 174 Å². The van der Waals surface area contributed by atoms with Crippen LogP contribution in [-0.2, 0) is 14.8 Å². The molecule has 0 radical (unpaired) electrons. The van der Waals surface area contributed by atoms with E-state index in [1.807, 2.05) is 4.72 Å². The lowest BCUT2D eigenvalue weighted by atomic mass is 9.95. The molecule has 0 bridgehead atoms. The number of ether oxygens (including phenoxy) is 1. The van der Waals surface area contributed by atoms with E-state index in [4.69, 9.17) is 15.0 Å². The van der Waals surface area contributed by atoms with Crippen LogP contribution in [-0.4, -0.2) is 62.2 Å². The first-order chi connectivity index (χ1) is 15.3. The summed E-state index contributed by atoms with van der Waals surface area (Å²) in [6, 6.07) is 4.71. The van der Waals surface area contributed by atoms with Crippen LogP contribution in [0.5, 0.6) is 5.88 Å². The Hall–Kier alpha value is -2.80. The Morgan fingerprint density at radius 3 is 2.62 bits per heavy atom. The van der Waals surface area contributed by atoms with Crippen molar-refractivity contribution >= 4 is 21.8 Å². The third-order valence-corrected chi connectivity index (χ3v) is 6.69. The zero-order valence-electron chi connectivity index (χ0n) is 17.3. The molecule has 1 fully saturated rings. The average molecular weight is 467 g/mol. The monoisotopic (exact) mass is 466 g/mol. The molecule has 0 aliphatic carbocycles. The molecule has 2 aromatic rings. The van der Waals surface area contributed by atoms with Crippen molar-refractivity contribution in [2.24, 2.45) is 11.7 Å². The lowest BCUT2D eigenvalue weighted by Gasteiger charge is -2.22. The number of nitrogens with zero attached hydrogens (tertiary/aromatic N) is 1. The number of hydrogen-bond acceptors (Lipinski definition) is 9. The first-order valence-electron chi connectivity index (χ1n) is 10.2. The molecule has 1 aromatic carbocycles. The summed E-state index contributed by atoms with van der Waals surface area (Å²) < 4.78 is 37.4. The van der Waals surface area contributed by atoms with Gasteiger partial charge in [-0.1, -0.05) is 18.2 Å². The lowest BCUT2D eigenvalue weighted by Crippen LogP contribution is -2.55. The van der Waals surface area contributed by atoms with Gasteiger partial charge >= 0.3 is 5.97 Å². The van der Waals surface area contributed by atoms with Crippen molar-refractivity contribution in [2.75, 3.05) is 19.7 Å². The number of aliphatic carboxylic acids is 1. The Labute approximate surface area is 185 Å². The summed E-state index contributed by atoms with van der Waals surface area (Å²) in [7, 11) is -4.22. The molecule has 174 valence electrons. The van der Waals surface area contributed by atoms with Gasteiger partial charge in [-0.15, -0.1) is 0 Å². The normalized spacial score (nSPS) is 16.9. The molecule has 5 N–H and O–H groups in total.